The van der Waals surface area contributed by atoms with E-state index >= 15 is 0 Å². The van der Waals surface area contributed by atoms with E-state index in [9.17, 15) is 30.6 Å². The van der Waals surface area contributed by atoms with Crippen LogP contribution in [0.15, 0.2) is 34.9 Å². The molecule has 0 aromatic rings. The van der Waals surface area contributed by atoms with E-state index in [1.165, 1.54) is 6.92 Å². The molecular formula is C21H32O6. The van der Waals surface area contributed by atoms with Gasteiger partial charge in [0.05, 0.1) is 18.3 Å². The van der Waals surface area contributed by atoms with Gasteiger partial charge in [-0.05, 0) is 67.1 Å². The number of rotatable bonds is 3. The molecule has 6 heteroatoms. The van der Waals surface area contributed by atoms with Gasteiger partial charge >= 0.3 is 0 Å². The van der Waals surface area contributed by atoms with E-state index in [-0.39, 0.29) is 29.2 Å². The molecular weight excluding hydrogens is 348 g/mol. The van der Waals surface area contributed by atoms with E-state index in [0.717, 1.165) is 18.4 Å². The molecule has 27 heavy (non-hydrogen) atoms. The highest BCUT2D eigenvalue weighted by atomic mass is 16.5. The van der Waals surface area contributed by atoms with Gasteiger partial charge in [0.2, 0.25) is 5.79 Å². The second-order valence-corrected chi connectivity index (χ2v) is 8.85. The van der Waals surface area contributed by atoms with Gasteiger partial charge in [-0.3, -0.25) is 0 Å². The third-order valence-corrected chi connectivity index (χ3v) is 7.14. The maximum absolute atomic E-state index is 10.4. The number of allylic oxidation sites excluding steroid dienone is 3. The van der Waals surface area contributed by atoms with E-state index in [0.29, 0.717) is 12.0 Å². The summed E-state index contributed by atoms with van der Waals surface area (Å²) in [5, 5.41) is 60.5. The van der Waals surface area contributed by atoms with Crippen LogP contribution in [0.4, 0.5) is 0 Å². The second-order valence-electron chi connectivity index (χ2n) is 8.85. The van der Waals surface area contributed by atoms with Gasteiger partial charge < -0.3 is 30.6 Å². The lowest BCUT2D eigenvalue weighted by Crippen LogP contribution is -2.53. The average Bonchev–Trinajstić information content (AvgIpc) is 2.92. The van der Waals surface area contributed by atoms with Crippen LogP contribution in [0, 0.1) is 17.3 Å². The summed E-state index contributed by atoms with van der Waals surface area (Å²) in [6, 6.07) is 0. The fraction of sp³-hybridized carbons (Fsp3) is 0.714. The monoisotopic (exact) mass is 380 g/mol. The molecule has 1 fully saturated rings. The first-order valence-electron chi connectivity index (χ1n) is 9.75. The van der Waals surface area contributed by atoms with E-state index in [1.807, 2.05) is 19.1 Å². The second kappa shape index (κ2) is 7.10. The molecule has 3 aliphatic carbocycles. The van der Waals surface area contributed by atoms with Crippen LogP contribution >= 0.6 is 0 Å². The normalized spacial score (nSPS) is 43.0. The van der Waals surface area contributed by atoms with Crippen LogP contribution in [0.25, 0.3) is 0 Å². The minimum absolute atomic E-state index is 0.125. The fourth-order valence-electron chi connectivity index (χ4n) is 5.52. The van der Waals surface area contributed by atoms with Crippen LogP contribution in [0.1, 0.15) is 46.5 Å². The zero-order valence-electron chi connectivity index (χ0n) is 16.2. The Kier molecular flexibility index (Phi) is 5.45. The number of fused-ring (bicyclic) bond motifs is 1. The van der Waals surface area contributed by atoms with Crippen molar-refractivity contribution in [2.75, 3.05) is 0 Å². The molecule has 3 aliphatic rings. The first-order chi connectivity index (χ1) is 12.5. The van der Waals surface area contributed by atoms with Crippen molar-refractivity contribution < 1.29 is 30.6 Å². The van der Waals surface area contributed by atoms with Crippen molar-refractivity contribution in [3.05, 3.63) is 34.9 Å². The molecule has 0 aromatic heterocycles. The predicted octanol–water partition coefficient (Wildman–Crippen LogP) is 0.770. The Labute approximate surface area is 160 Å². The summed E-state index contributed by atoms with van der Waals surface area (Å²) in [7, 11) is 0. The molecule has 0 aliphatic heterocycles. The van der Waals surface area contributed by atoms with Crippen LogP contribution in [-0.2, 0) is 0 Å². The van der Waals surface area contributed by atoms with E-state index in [1.54, 1.807) is 6.08 Å². The Morgan fingerprint density at radius 1 is 1.15 bits per heavy atom. The third kappa shape index (κ3) is 3.43. The van der Waals surface area contributed by atoms with Crippen molar-refractivity contribution in [3.63, 3.8) is 0 Å². The smallest absolute Gasteiger partial charge is 0.215 e. The van der Waals surface area contributed by atoms with Crippen molar-refractivity contribution >= 4 is 0 Å². The summed E-state index contributed by atoms with van der Waals surface area (Å²) in [4.78, 5) is 0. The predicted molar refractivity (Wildman–Crippen MR) is 100 cm³/mol. The van der Waals surface area contributed by atoms with Crippen LogP contribution < -0.4 is 0 Å². The topological polar surface area (TPSA) is 121 Å². The highest BCUT2D eigenvalue weighted by Crippen LogP contribution is 2.57. The van der Waals surface area contributed by atoms with Gasteiger partial charge in [0.1, 0.15) is 6.10 Å². The number of aliphatic hydroxyl groups excluding tert-OH is 4. The van der Waals surface area contributed by atoms with Gasteiger partial charge in [-0.2, -0.15) is 0 Å². The number of hydrogen-bond acceptors (Lipinski definition) is 6. The Morgan fingerprint density at radius 2 is 1.81 bits per heavy atom. The fourth-order valence-corrected chi connectivity index (χ4v) is 5.52. The zero-order chi connectivity index (χ0) is 20.1. The molecule has 1 unspecified atom stereocenters. The quantitative estimate of drug-likeness (QED) is 0.402. The molecule has 3 rings (SSSR count). The minimum Gasteiger partial charge on any atom is -0.393 e. The standard InChI is InChI=1S/C21H32O6/c1-11-13(9-18(24)19(25)21(11,26)27)4-5-14-8-15(23)10-20(3)16(12(2)22)6-7-17(14)20/h4-5,8,12,15-19,22-27H,6-7,9-10H2,1-3H3/b5-4+/t12-,15+,16-,17+,18-,19?,20-/m1/s1. The SMILES string of the molecule is CC1=C(/C=C/C2=C[C@H](O)C[C@]3(C)[C@@H]([C@@H](C)O)CC[C@@H]23)C[C@@H](O)C(O)C1(O)O. The molecule has 0 heterocycles. The van der Waals surface area contributed by atoms with Crippen LogP contribution in [0.3, 0.4) is 0 Å². The van der Waals surface area contributed by atoms with Crippen molar-refractivity contribution in [3.8, 4) is 0 Å². The summed E-state index contributed by atoms with van der Waals surface area (Å²) < 4.78 is 0. The molecule has 0 amide bonds. The van der Waals surface area contributed by atoms with E-state index < -0.39 is 30.2 Å². The molecule has 6 N–H and O–H groups in total. The van der Waals surface area contributed by atoms with Gasteiger partial charge in [-0.25, -0.2) is 0 Å². The molecule has 152 valence electrons. The Hall–Kier alpha value is -1.02. The summed E-state index contributed by atoms with van der Waals surface area (Å²) in [5.74, 6) is -2.12. The molecule has 0 aromatic carbocycles. The molecule has 1 saturated carbocycles. The third-order valence-electron chi connectivity index (χ3n) is 7.14. The van der Waals surface area contributed by atoms with Gasteiger partial charge in [-0.1, -0.05) is 25.2 Å². The highest BCUT2D eigenvalue weighted by molar-refractivity contribution is 5.39. The van der Waals surface area contributed by atoms with Gasteiger partial charge in [0.25, 0.3) is 0 Å². The average molecular weight is 380 g/mol. The van der Waals surface area contributed by atoms with Crippen molar-refractivity contribution in [1.29, 1.82) is 0 Å². The first-order valence-corrected chi connectivity index (χ1v) is 9.75. The Balaban J connectivity index is 1.90. The van der Waals surface area contributed by atoms with Crippen LogP contribution in [-0.4, -0.2) is 60.8 Å². The molecule has 7 atom stereocenters. The van der Waals surface area contributed by atoms with Crippen LogP contribution in [0.2, 0.25) is 0 Å². The van der Waals surface area contributed by atoms with E-state index in [2.05, 4.69) is 6.92 Å². The lowest BCUT2D eigenvalue weighted by molar-refractivity contribution is -0.227. The molecule has 6 nitrogen and oxygen atoms in total. The van der Waals surface area contributed by atoms with Crippen molar-refractivity contribution in [2.45, 2.75) is 76.7 Å². The minimum atomic E-state index is -2.46. The summed E-state index contributed by atoms with van der Waals surface area (Å²) in [5.41, 5.74) is 1.56. The summed E-state index contributed by atoms with van der Waals surface area (Å²) in [6.07, 6.45) is 4.10. The molecule has 0 spiro atoms. The van der Waals surface area contributed by atoms with Crippen molar-refractivity contribution in [1.82, 2.24) is 0 Å². The lowest BCUT2D eigenvalue weighted by atomic mass is 9.63. The molecule has 0 saturated heterocycles. The van der Waals surface area contributed by atoms with Crippen LogP contribution in [0.5, 0.6) is 0 Å². The van der Waals surface area contributed by atoms with Gasteiger partial charge in [-0.15, -0.1) is 0 Å². The van der Waals surface area contributed by atoms with E-state index in [4.69, 9.17) is 0 Å². The molecule has 0 radical (unpaired) electrons. The van der Waals surface area contributed by atoms with Gasteiger partial charge in [0, 0.05) is 6.42 Å². The summed E-state index contributed by atoms with van der Waals surface area (Å²) >= 11 is 0. The first kappa shape index (κ1) is 20.7. The number of aliphatic hydroxyl groups is 6. The Morgan fingerprint density at radius 3 is 2.44 bits per heavy atom. The van der Waals surface area contributed by atoms with Gasteiger partial charge in [0.15, 0.2) is 0 Å². The Bertz CT molecular complexity index is 676. The zero-order valence-corrected chi connectivity index (χ0v) is 16.2. The molecule has 0 bridgehead atoms. The maximum Gasteiger partial charge on any atom is 0.215 e. The lowest BCUT2D eigenvalue weighted by Gasteiger charge is -2.43. The van der Waals surface area contributed by atoms with Crippen molar-refractivity contribution in [2.24, 2.45) is 17.3 Å². The number of hydrogen-bond donors (Lipinski definition) is 6. The summed E-state index contributed by atoms with van der Waals surface area (Å²) in [6.45, 7) is 5.47. The maximum atomic E-state index is 10.4. The largest absolute Gasteiger partial charge is 0.393 e. The highest BCUT2D eigenvalue weighted by Gasteiger charge is 2.51.